The second-order valence-corrected chi connectivity index (χ2v) is 4.48. The average molecular weight is 281 g/mol. The fraction of sp³-hybridized carbons (Fsp3) is 0.0667. The van der Waals surface area contributed by atoms with E-state index in [1.807, 2.05) is 30.3 Å². The summed E-state index contributed by atoms with van der Waals surface area (Å²) in [5, 5.41) is 14.6. The Morgan fingerprint density at radius 2 is 1.90 bits per heavy atom. The van der Waals surface area contributed by atoms with Gasteiger partial charge in [0.1, 0.15) is 0 Å². The van der Waals surface area contributed by atoms with Gasteiger partial charge in [0.2, 0.25) is 11.7 Å². The minimum atomic E-state index is -0.450. The molecule has 0 aliphatic heterocycles. The lowest BCUT2D eigenvalue weighted by atomic mass is 10.1. The third kappa shape index (κ3) is 2.94. The minimum absolute atomic E-state index is 0.00177. The summed E-state index contributed by atoms with van der Waals surface area (Å²) < 4.78 is 5.19. The molecule has 0 amide bonds. The SMILES string of the molecule is O=[N+]([O-])c1cccc(-c2noc(Cc3ccccc3)n2)c1. The third-order valence-electron chi connectivity index (χ3n) is 2.98. The first kappa shape index (κ1) is 13.0. The summed E-state index contributed by atoms with van der Waals surface area (Å²) in [6.07, 6.45) is 0.531. The van der Waals surface area contributed by atoms with Gasteiger partial charge in [-0.25, -0.2) is 0 Å². The number of nitro benzene ring substituents is 1. The highest BCUT2D eigenvalue weighted by atomic mass is 16.6. The normalized spacial score (nSPS) is 10.5. The van der Waals surface area contributed by atoms with Gasteiger partial charge in [0, 0.05) is 17.7 Å². The van der Waals surface area contributed by atoms with Crippen LogP contribution in [-0.4, -0.2) is 15.1 Å². The molecular formula is C15H11N3O3. The van der Waals surface area contributed by atoms with Crippen LogP contribution in [0.15, 0.2) is 59.1 Å². The van der Waals surface area contributed by atoms with E-state index < -0.39 is 4.92 Å². The van der Waals surface area contributed by atoms with Crippen molar-refractivity contribution in [3.63, 3.8) is 0 Å². The van der Waals surface area contributed by atoms with E-state index in [9.17, 15) is 10.1 Å². The first-order valence-electron chi connectivity index (χ1n) is 6.34. The Hall–Kier alpha value is -3.02. The minimum Gasteiger partial charge on any atom is -0.339 e. The molecule has 2 aromatic carbocycles. The zero-order valence-corrected chi connectivity index (χ0v) is 11.0. The molecule has 3 aromatic rings. The van der Waals surface area contributed by atoms with Crippen LogP contribution in [0.3, 0.4) is 0 Å². The van der Waals surface area contributed by atoms with Gasteiger partial charge in [-0.15, -0.1) is 0 Å². The average Bonchev–Trinajstić information content (AvgIpc) is 2.97. The second-order valence-electron chi connectivity index (χ2n) is 4.48. The molecule has 6 heteroatoms. The van der Waals surface area contributed by atoms with Crippen molar-refractivity contribution in [2.75, 3.05) is 0 Å². The van der Waals surface area contributed by atoms with Gasteiger partial charge in [0.15, 0.2) is 0 Å². The number of hydrogen-bond acceptors (Lipinski definition) is 5. The molecule has 0 unspecified atom stereocenters. The maximum absolute atomic E-state index is 10.8. The Morgan fingerprint density at radius 1 is 1.10 bits per heavy atom. The summed E-state index contributed by atoms with van der Waals surface area (Å²) in [5.41, 5.74) is 1.63. The van der Waals surface area contributed by atoms with Gasteiger partial charge < -0.3 is 4.52 Å². The number of aromatic nitrogens is 2. The highest BCUT2D eigenvalue weighted by Crippen LogP contribution is 2.21. The Balaban J connectivity index is 1.85. The molecule has 0 aliphatic carbocycles. The van der Waals surface area contributed by atoms with Gasteiger partial charge in [-0.3, -0.25) is 10.1 Å². The lowest BCUT2D eigenvalue weighted by molar-refractivity contribution is -0.384. The van der Waals surface area contributed by atoms with Gasteiger partial charge >= 0.3 is 0 Å². The predicted molar refractivity (Wildman–Crippen MR) is 75.6 cm³/mol. The summed E-state index contributed by atoms with van der Waals surface area (Å²) in [7, 11) is 0. The van der Waals surface area contributed by atoms with Crippen molar-refractivity contribution >= 4 is 5.69 Å². The van der Waals surface area contributed by atoms with E-state index in [0.29, 0.717) is 23.7 Å². The molecule has 21 heavy (non-hydrogen) atoms. The van der Waals surface area contributed by atoms with Crippen LogP contribution in [0.1, 0.15) is 11.5 Å². The van der Waals surface area contributed by atoms with Crippen LogP contribution in [0.4, 0.5) is 5.69 Å². The van der Waals surface area contributed by atoms with Gasteiger partial charge in [-0.1, -0.05) is 47.6 Å². The highest BCUT2D eigenvalue weighted by molar-refractivity contribution is 5.58. The first-order chi connectivity index (χ1) is 10.2. The van der Waals surface area contributed by atoms with Gasteiger partial charge in [0.25, 0.3) is 5.69 Å². The quantitative estimate of drug-likeness (QED) is 0.541. The van der Waals surface area contributed by atoms with Gasteiger partial charge in [-0.2, -0.15) is 4.98 Å². The summed E-state index contributed by atoms with van der Waals surface area (Å²) >= 11 is 0. The molecule has 0 bridgehead atoms. The Labute approximate surface area is 120 Å². The zero-order valence-electron chi connectivity index (χ0n) is 11.0. The summed E-state index contributed by atoms with van der Waals surface area (Å²) in [5.74, 6) is 0.826. The van der Waals surface area contributed by atoms with Crippen LogP contribution in [0.2, 0.25) is 0 Å². The lowest BCUT2D eigenvalue weighted by Gasteiger charge is -1.95. The van der Waals surface area contributed by atoms with E-state index in [2.05, 4.69) is 10.1 Å². The summed E-state index contributed by atoms with van der Waals surface area (Å²) in [6, 6.07) is 15.9. The Morgan fingerprint density at radius 3 is 2.67 bits per heavy atom. The predicted octanol–water partition coefficient (Wildman–Crippen LogP) is 3.24. The molecule has 0 fully saturated rings. The molecule has 1 heterocycles. The fourth-order valence-corrected chi connectivity index (χ4v) is 1.97. The molecule has 0 N–H and O–H groups in total. The zero-order chi connectivity index (χ0) is 14.7. The van der Waals surface area contributed by atoms with E-state index >= 15 is 0 Å². The maximum atomic E-state index is 10.8. The standard InChI is InChI=1S/C15H11N3O3/c19-18(20)13-8-4-7-12(10-13)15-16-14(21-17-15)9-11-5-2-1-3-6-11/h1-8,10H,9H2. The molecule has 6 nitrogen and oxygen atoms in total. The number of non-ortho nitro benzene ring substituents is 1. The number of hydrogen-bond donors (Lipinski definition) is 0. The Kier molecular flexibility index (Phi) is 3.42. The van der Waals surface area contributed by atoms with Gasteiger partial charge in [0.05, 0.1) is 11.3 Å². The van der Waals surface area contributed by atoms with Crippen LogP contribution >= 0.6 is 0 Å². The molecule has 104 valence electrons. The van der Waals surface area contributed by atoms with Crippen LogP contribution in [0.5, 0.6) is 0 Å². The lowest BCUT2D eigenvalue weighted by Crippen LogP contribution is -1.90. The van der Waals surface area contributed by atoms with E-state index in [1.54, 1.807) is 12.1 Å². The maximum Gasteiger partial charge on any atom is 0.270 e. The molecular weight excluding hydrogens is 270 g/mol. The topological polar surface area (TPSA) is 82.1 Å². The number of nitro groups is 1. The largest absolute Gasteiger partial charge is 0.339 e. The van der Waals surface area contributed by atoms with Crippen molar-refractivity contribution in [1.29, 1.82) is 0 Å². The molecule has 3 rings (SSSR count). The summed E-state index contributed by atoms with van der Waals surface area (Å²) in [6.45, 7) is 0. The molecule has 0 aliphatic rings. The first-order valence-corrected chi connectivity index (χ1v) is 6.34. The molecule has 0 radical (unpaired) electrons. The highest BCUT2D eigenvalue weighted by Gasteiger charge is 2.12. The van der Waals surface area contributed by atoms with Crippen molar-refractivity contribution in [1.82, 2.24) is 10.1 Å². The van der Waals surface area contributed by atoms with E-state index in [1.165, 1.54) is 12.1 Å². The number of rotatable bonds is 4. The second kappa shape index (κ2) is 5.54. The number of benzene rings is 2. The van der Waals surface area contributed by atoms with Crippen LogP contribution in [0, 0.1) is 10.1 Å². The third-order valence-corrected chi connectivity index (χ3v) is 2.98. The van der Waals surface area contributed by atoms with Crippen LogP contribution in [0.25, 0.3) is 11.4 Å². The van der Waals surface area contributed by atoms with E-state index in [-0.39, 0.29) is 5.69 Å². The van der Waals surface area contributed by atoms with E-state index in [0.717, 1.165) is 5.56 Å². The number of nitrogens with zero attached hydrogens (tertiary/aromatic N) is 3. The van der Waals surface area contributed by atoms with Crippen molar-refractivity contribution in [2.45, 2.75) is 6.42 Å². The monoisotopic (exact) mass is 281 g/mol. The molecule has 0 saturated heterocycles. The van der Waals surface area contributed by atoms with Crippen molar-refractivity contribution < 1.29 is 9.45 Å². The van der Waals surface area contributed by atoms with Crippen LogP contribution < -0.4 is 0 Å². The van der Waals surface area contributed by atoms with Crippen LogP contribution in [-0.2, 0) is 6.42 Å². The van der Waals surface area contributed by atoms with Crippen molar-refractivity contribution in [3.8, 4) is 11.4 Å². The summed E-state index contributed by atoms with van der Waals surface area (Å²) in [4.78, 5) is 14.6. The van der Waals surface area contributed by atoms with Gasteiger partial charge in [-0.05, 0) is 5.56 Å². The molecule has 0 spiro atoms. The molecule has 1 aromatic heterocycles. The molecule has 0 atom stereocenters. The molecule has 0 saturated carbocycles. The fourth-order valence-electron chi connectivity index (χ4n) is 1.97. The van der Waals surface area contributed by atoms with Crippen molar-refractivity contribution in [2.24, 2.45) is 0 Å². The Bertz CT molecular complexity index is 769. The smallest absolute Gasteiger partial charge is 0.270 e. The van der Waals surface area contributed by atoms with E-state index in [4.69, 9.17) is 4.52 Å². The van der Waals surface area contributed by atoms with Crippen molar-refractivity contribution in [3.05, 3.63) is 76.2 Å².